The number of ether oxygens (including phenoxy) is 2. The van der Waals surface area contributed by atoms with Crippen LogP contribution in [0.25, 0.3) is 10.9 Å². The Morgan fingerprint density at radius 2 is 1.89 bits per heavy atom. The van der Waals surface area contributed by atoms with Crippen molar-refractivity contribution in [2.24, 2.45) is 0 Å². The van der Waals surface area contributed by atoms with Crippen molar-refractivity contribution in [1.29, 1.82) is 4.78 Å². The topological polar surface area (TPSA) is 117 Å². The van der Waals surface area contributed by atoms with Crippen LogP contribution in [0.4, 0.5) is 0 Å². The number of hydrogen-bond acceptors (Lipinski definition) is 7. The molecule has 0 aliphatic heterocycles. The molecule has 0 saturated carbocycles. The first-order chi connectivity index (χ1) is 12.9. The number of hydrogen-bond donors (Lipinski definition) is 3. The molecule has 0 aliphatic rings. The number of aliphatic hydroxyl groups excluding tert-OH is 1. The van der Waals surface area contributed by atoms with Gasteiger partial charge in [-0.05, 0) is 43.3 Å². The molecule has 0 saturated heterocycles. The highest BCUT2D eigenvalue weighted by molar-refractivity contribution is 7.90. The third-order valence-electron chi connectivity index (χ3n) is 3.74. The van der Waals surface area contributed by atoms with Crippen LogP contribution in [0.5, 0.6) is 17.4 Å². The second kappa shape index (κ2) is 7.87. The molecular formula is C18H20N4O4S. The molecule has 3 N–H and O–H groups in total. The third kappa shape index (κ3) is 4.33. The first-order valence-corrected chi connectivity index (χ1v) is 9.73. The maximum Gasteiger partial charge on any atom is 0.240 e. The zero-order chi connectivity index (χ0) is 19.4. The first-order valence-electron chi connectivity index (χ1n) is 8.18. The number of pyridine rings is 2. The number of aliphatic hydroxyl groups is 1. The Labute approximate surface area is 157 Å². The number of benzene rings is 1. The first kappa shape index (κ1) is 19.0. The van der Waals surface area contributed by atoms with Crippen LogP contribution < -0.4 is 14.2 Å². The van der Waals surface area contributed by atoms with Crippen LogP contribution in [0.3, 0.4) is 0 Å². The molecule has 2 atom stereocenters. The number of aromatic nitrogens is 2. The normalized spacial score (nSPS) is 14.5. The van der Waals surface area contributed by atoms with Crippen LogP contribution in [0.15, 0.2) is 53.7 Å². The molecule has 2 aromatic heterocycles. The van der Waals surface area contributed by atoms with Crippen LogP contribution >= 0.6 is 0 Å². The van der Waals surface area contributed by atoms with Gasteiger partial charge in [-0.3, -0.25) is 4.98 Å². The largest absolute Gasteiger partial charge is 0.479 e. The minimum atomic E-state index is -3.19. The molecule has 3 rings (SSSR count). The Morgan fingerprint density at radius 3 is 2.56 bits per heavy atom. The van der Waals surface area contributed by atoms with E-state index in [-0.39, 0.29) is 6.54 Å². The molecule has 27 heavy (non-hydrogen) atoms. The maximum absolute atomic E-state index is 12.4. The predicted octanol–water partition coefficient (Wildman–Crippen LogP) is 2.72. The molecule has 0 spiro atoms. The Kier molecular flexibility index (Phi) is 5.54. The lowest BCUT2D eigenvalue weighted by Gasteiger charge is -2.13. The quantitative estimate of drug-likeness (QED) is 0.573. The molecule has 8 nitrogen and oxygen atoms in total. The molecule has 3 aromatic rings. The standard InChI is InChI=1S/C18H20N4O4S/c1-12(23)11-22-27(19,24)14-5-3-13(4-6-14)26-16-8-10-20-17-15(16)7-9-21-18(17)25-2/h3-10,12,23H,11H2,1-2H3,(H2,19,22,24)/t12-,27+/m1/s1. The fraction of sp³-hybridized carbons (Fsp3) is 0.222. The van der Waals surface area contributed by atoms with E-state index in [9.17, 15) is 9.32 Å². The van der Waals surface area contributed by atoms with E-state index in [4.69, 9.17) is 14.3 Å². The summed E-state index contributed by atoms with van der Waals surface area (Å²) in [6.45, 7) is 1.63. The molecule has 0 fully saturated rings. The van der Waals surface area contributed by atoms with Crippen LogP contribution in [0.1, 0.15) is 6.92 Å². The molecule has 0 aliphatic carbocycles. The van der Waals surface area contributed by atoms with Crippen molar-refractivity contribution in [2.75, 3.05) is 13.7 Å². The van der Waals surface area contributed by atoms with Gasteiger partial charge in [0, 0.05) is 18.9 Å². The number of rotatable bonds is 7. The highest BCUT2D eigenvalue weighted by Gasteiger charge is 2.12. The summed E-state index contributed by atoms with van der Waals surface area (Å²) in [7, 11) is -1.66. The number of nitrogens with zero attached hydrogens (tertiary/aromatic N) is 2. The Hall–Kier alpha value is -2.75. The van der Waals surface area contributed by atoms with Gasteiger partial charge in [0.1, 0.15) is 26.9 Å². The number of nitrogens with one attached hydrogen (secondary N) is 2. The smallest absolute Gasteiger partial charge is 0.240 e. The Balaban J connectivity index is 1.84. The van der Waals surface area contributed by atoms with Crippen LogP contribution in [0, 0.1) is 4.78 Å². The van der Waals surface area contributed by atoms with Crippen molar-refractivity contribution < 1.29 is 18.8 Å². The van der Waals surface area contributed by atoms with Crippen molar-refractivity contribution in [3.8, 4) is 17.4 Å². The van der Waals surface area contributed by atoms with Gasteiger partial charge < -0.3 is 14.6 Å². The summed E-state index contributed by atoms with van der Waals surface area (Å²) < 4.78 is 34.0. The zero-order valence-corrected chi connectivity index (χ0v) is 15.7. The SMILES string of the molecule is COc1nccc2c(Oc3ccc([S@@](=N)(=O)NC[C@@H](C)O)cc3)ccnc12. The summed E-state index contributed by atoms with van der Waals surface area (Å²) in [4.78, 5) is 8.71. The summed E-state index contributed by atoms with van der Waals surface area (Å²) in [5.74, 6) is 1.51. The van der Waals surface area contributed by atoms with Crippen molar-refractivity contribution in [3.05, 3.63) is 48.8 Å². The molecule has 0 bridgehead atoms. The Morgan fingerprint density at radius 1 is 1.19 bits per heavy atom. The van der Waals surface area contributed by atoms with Gasteiger partial charge >= 0.3 is 0 Å². The van der Waals surface area contributed by atoms with Gasteiger partial charge in [0.25, 0.3) is 0 Å². The van der Waals surface area contributed by atoms with Crippen molar-refractivity contribution in [3.63, 3.8) is 0 Å². The molecule has 9 heteroatoms. The van der Waals surface area contributed by atoms with Gasteiger partial charge in [-0.15, -0.1) is 0 Å². The van der Waals surface area contributed by atoms with Crippen molar-refractivity contribution in [1.82, 2.24) is 14.7 Å². The monoisotopic (exact) mass is 388 g/mol. The van der Waals surface area contributed by atoms with E-state index in [0.29, 0.717) is 27.8 Å². The summed E-state index contributed by atoms with van der Waals surface area (Å²) >= 11 is 0. The summed E-state index contributed by atoms with van der Waals surface area (Å²) in [6, 6.07) is 9.91. The van der Waals surface area contributed by atoms with E-state index >= 15 is 0 Å². The van der Waals surface area contributed by atoms with Crippen molar-refractivity contribution in [2.45, 2.75) is 17.9 Å². The third-order valence-corrected chi connectivity index (χ3v) is 5.25. The van der Waals surface area contributed by atoms with Gasteiger partial charge in [-0.1, -0.05) is 0 Å². The number of fused-ring (bicyclic) bond motifs is 1. The highest BCUT2D eigenvalue weighted by Crippen LogP contribution is 2.32. The van der Waals surface area contributed by atoms with Crippen molar-refractivity contribution >= 4 is 20.8 Å². The highest BCUT2D eigenvalue weighted by atomic mass is 32.2. The molecule has 1 aromatic carbocycles. The van der Waals surface area contributed by atoms with E-state index in [1.54, 1.807) is 55.7 Å². The summed E-state index contributed by atoms with van der Waals surface area (Å²) in [5.41, 5.74) is 0.589. The fourth-order valence-electron chi connectivity index (χ4n) is 2.41. The van der Waals surface area contributed by atoms with Crippen LogP contribution in [0.2, 0.25) is 0 Å². The lowest BCUT2D eigenvalue weighted by molar-refractivity contribution is 0.199. The van der Waals surface area contributed by atoms with E-state index < -0.39 is 16.0 Å². The molecular weight excluding hydrogens is 368 g/mol. The minimum absolute atomic E-state index is 0.0689. The lowest BCUT2D eigenvalue weighted by Crippen LogP contribution is -2.29. The molecule has 0 unspecified atom stereocenters. The second-order valence-electron chi connectivity index (χ2n) is 5.85. The summed E-state index contributed by atoms with van der Waals surface area (Å²) in [6.07, 6.45) is 2.53. The molecule has 0 amide bonds. The van der Waals surface area contributed by atoms with Gasteiger partial charge in [-0.2, -0.15) is 0 Å². The van der Waals surface area contributed by atoms with Crippen LogP contribution in [-0.4, -0.2) is 39.0 Å². The van der Waals surface area contributed by atoms with E-state index in [1.165, 1.54) is 7.11 Å². The van der Waals surface area contributed by atoms with E-state index in [2.05, 4.69) is 14.7 Å². The van der Waals surface area contributed by atoms with Gasteiger partial charge in [-0.25, -0.2) is 18.7 Å². The average molecular weight is 388 g/mol. The molecule has 0 radical (unpaired) electrons. The molecule has 2 heterocycles. The zero-order valence-electron chi connectivity index (χ0n) is 14.9. The number of methoxy groups -OCH3 is 1. The fourth-order valence-corrected chi connectivity index (χ4v) is 3.58. The average Bonchev–Trinajstić information content (AvgIpc) is 2.67. The van der Waals surface area contributed by atoms with Gasteiger partial charge in [0.2, 0.25) is 5.88 Å². The van der Waals surface area contributed by atoms with Crippen LogP contribution in [-0.2, 0) is 9.92 Å². The second-order valence-corrected chi connectivity index (χ2v) is 7.73. The molecule has 142 valence electrons. The van der Waals surface area contributed by atoms with E-state index in [0.717, 1.165) is 5.39 Å². The van der Waals surface area contributed by atoms with E-state index in [1.807, 2.05) is 0 Å². The predicted molar refractivity (Wildman–Crippen MR) is 101 cm³/mol. The maximum atomic E-state index is 12.4. The Bertz CT molecular complexity index is 1040. The minimum Gasteiger partial charge on any atom is -0.479 e. The lowest BCUT2D eigenvalue weighted by atomic mass is 10.2. The van der Waals surface area contributed by atoms with Gasteiger partial charge in [0.15, 0.2) is 0 Å². The summed E-state index contributed by atoms with van der Waals surface area (Å²) in [5, 5.41) is 10.0. The van der Waals surface area contributed by atoms with Gasteiger partial charge in [0.05, 0.1) is 23.5 Å².